The maximum absolute atomic E-state index is 12.4. The zero-order valence-electron chi connectivity index (χ0n) is 14.1. The zero-order valence-corrected chi connectivity index (χ0v) is 14.1. The quantitative estimate of drug-likeness (QED) is 0.891. The fraction of sp³-hybridized carbons (Fsp3) is 0.526. The Hall–Kier alpha value is -1.81. The Kier molecular flexibility index (Phi) is 5.01. The summed E-state index contributed by atoms with van der Waals surface area (Å²) in [5.74, 6) is 0.851. The summed E-state index contributed by atoms with van der Waals surface area (Å²) in [5.41, 5.74) is 2.42. The number of aromatic nitrogens is 1. The van der Waals surface area contributed by atoms with Crippen molar-refractivity contribution in [3.05, 3.63) is 36.0 Å². The van der Waals surface area contributed by atoms with Gasteiger partial charge >= 0.3 is 0 Å². The Morgan fingerprint density at radius 2 is 2.26 bits per heavy atom. The number of carbonyl (C=O) groups excluding carboxylic acids is 1. The minimum absolute atomic E-state index is 0.0271. The van der Waals surface area contributed by atoms with Gasteiger partial charge in [0.1, 0.15) is 0 Å². The maximum Gasteiger partial charge on any atom is 0.237 e. The Labute approximate surface area is 138 Å². The molecule has 1 aliphatic heterocycles. The predicted octanol–water partition coefficient (Wildman–Crippen LogP) is 2.95. The van der Waals surface area contributed by atoms with Gasteiger partial charge < -0.3 is 10.3 Å². The number of amides is 1. The Balaban J connectivity index is 1.51. The van der Waals surface area contributed by atoms with E-state index in [1.807, 2.05) is 19.2 Å². The first-order valence-electron chi connectivity index (χ1n) is 8.72. The van der Waals surface area contributed by atoms with Crippen molar-refractivity contribution in [1.29, 1.82) is 0 Å². The lowest BCUT2D eigenvalue weighted by Gasteiger charge is -2.34. The van der Waals surface area contributed by atoms with E-state index in [4.69, 9.17) is 0 Å². The summed E-state index contributed by atoms with van der Waals surface area (Å²) in [5, 5.41) is 4.35. The molecule has 1 aliphatic rings. The predicted molar refractivity (Wildman–Crippen MR) is 94.4 cm³/mol. The van der Waals surface area contributed by atoms with Crippen molar-refractivity contribution in [2.45, 2.75) is 39.2 Å². The van der Waals surface area contributed by atoms with Gasteiger partial charge in [-0.05, 0) is 50.3 Å². The molecule has 1 saturated heterocycles. The number of hydrogen-bond donors (Lipinski definition) is 2. The van der Waals surface area contributed by atoms with Gasteiger partial charge in [0.15, 0.2) is 0 Å². The monoisotopic (exact) mass is 313 g/mol. The Bertz CT molecular complexity index is 663. The first kappa shape index (κ1) is 16.1. The van der Waals surface area contributed by atoms with Crippen LogP contribution < -0.4 is 5.32 Å². The molecule has 3 rings (SSSR count). The first-order valence-corrected chi connectivity index (χ1v) is 8.72. The maximum atomic E-state index is 12.4. The first-order chi connectivity index (χ1) is 11.1. The number of para-hydroxylation sites is 1. The summed E-state index contributed by atoms with van der Waals surface area (Å²) >= 11 is 0. The summed E-state index contributed by atoms with van der Waals surface area (Å²) in [7, 11) is 0. The lowest BCUT2D eigenvalue weighted by Crippen LogP contribution is -2.49. The highest BCUT2D eigenvalue weighted by Gasteiger charge is 2.25. The molecule has 2 N–H and O–H groups in total. The minimum atomic E-state index is -0.0271. The molecular formula is C19H27N3O. The van der Waals surface area contributed by atoms with Gasteiger partial charge in [-0.2, -0.15) is 0 Å². The lowest BCUT2D eigenvalue weighted by molar-refractivity contribution is -0.126. The van der Waals surface area contributed by atoms with Gasteiger partial charge in [-0.3, -0.25) is 9.69 Å². The summed E-state index contributed by atoms with van der Waals surface area (Å²) in [6.07, 6.45) is 5.39. The molecule has 0 aliphatic carbocycles. The average molecular weight is 313 g/mol. The van der Waals surface area contributed by atoms with Gasteiger partial charge in [-0.15, -0.1) is 0 Å². The highest BCUT2D eigenvalue weighted by atomic mass is 16.2. The number of benzene rings is 1. The van der Waals surface area contributed by atoms with Gasteiger partial charge in [0.2, 0.25) is 5.91 Å². The van der Waals surface area contributed by atoms with E-state index in [1.54, 1.807) is 0 Å². The zero-order chi connectivity index (χ0) is 16.2. The van der Waals surface area contributed by atoms with Crippen LogP contribution in [0.4, 0.5) is 0 Å². The summed E-state index contributed by atoms with van der Waals surface area (Å²) in [4.78, 5) is 18.0. The molecule has 1 amide bonds. The summed E-state index contributed by atoms with van der Waals surface area (Å²) < 4.78 is 0. The standard InChI is InChI=1S/C19H27N3O/c1-14-6-5-11-22(13-14)15(2)19(23)20-10-9-16-12-21-18-8-4-3-7-17(16)18/h3-4,7-8,12,14-15,21H,5-6,9-11,13H2,1-2H3,(H,20,23). The van der Waals surface area contributed by atoms with Crippen molar-refractivity contribution in [1.82, 2.24) is 15.2 Å². The fourth-order valence-electron chi connectivity index (χ4n) is 3.55. The molecule has 23 heavy (non-hydrogen) atoms. The van der Waals surface area contributed by atoms with Crippen molar-refractivity contribution in [3.63, 3.8) is 0 Å². The molecule has 2 heterocycles. The van der Waals surface area contributed by atoms with Crippen LogP contribution >= 0.6 is 0 Å². The third kappa shape index (κ3) is 3.75. The van der Waals surface area contributed by atoms with E-state index in [1.165, 1.54) is 23.8 Å². The Morgan fingerprint density at radius 3 is 3.09 bits per heavy atom. The number of piperidine rings is 1. The largest absolute Gasteiger partial charge is 0.361 e. The number of rotatable bonds is 5. The molecule has 0 spiro atoms. The number of carbonyl (C=O) groups is 1. The second-order valence-electron chi connectivity index (χ2n) is 6.82. The molecule has 0 bridgehead atoms. The number of nitrogens with zero attached hydrogens (tertiary/aromatic N) is 1. The van der Waals surface area contributed by atoms with E-state index >= 15 is 0 Å². The molecular weight excluding hydrogens is 286 g/mol. The molecule has 0 radical (unpaired) electrons. The van der Waals surface area contributed by atoms with Crippen LogP contribution in [-0.2, 0) is 11.2 Å². The van der Waals surface area contributed by atoms with E-state index in [9.17, 15) is 4.79 Å². The van der Waals surface area contributed by atoms with Crippen LogP contribution in [0.3, 0.4) is 0 Å². The van der Waals surface area contributed by atoms with Crippen LogP contribution in [0.1, 0.15) is 32.3 Å². The van der Waals surface area contributed by atoms with Crippen LogP contribution in [-0.4, -0.2) is 41.5 Å². The number of aromatic amines is 1. The number of hydrogen-bond acceptors (Lipinski definition) is 2. The van der Waals surface area contributed by atoms with Gasteiger partial charge in [-0.25, -0.2) is 0 Å². The van der Waals surface area contributed by atoms with E-state index < -0.39 is 0 Å². The van der Waals surface area contributed by atoms with Crippen molar-refractivity contribution >= 4 is 16.8 Å². The Morgan fingerprint density at radius 1 is 1.43 bits per heavy atom. The molecule has 1 aromatic carbocycles. The van der Waals surface area contributed by atoms with Crippen LogP contribution in [0.2, 0.25) is 0 Å². The molecule has 1 fully saturated rings. The average Bonchev–Trinajstić information content (AvgIpc) is 2.97. The summed E-state index contributed by atoms with van der Waals surface area (Å²) in [6, 6.07) is 8.27. The van der Waals surface area contributed by atoms with Crippen molar-refractivity contribution < 1.29 is 4.79 Å². The van der Waals surface area contributed by atoms with E-state index in [-0.39, 0.29) is 11.9 Å². The van der Waals surface area contributed by atoms with Crippen LogP contribution in [0.15, 0.2) is 30.5 Å². The molecule has 2 unspecified atom stereocenters. The van der Waals surface area contributed by atoms with Gasteiger partial charge in [0.05, 0.1) is 6.04 Å². The molecule has 4 heteroatoms. The number of H-pyrrole nitrogens is 1. The number of fused-ring (bicyclic) bond motifs is 1. The second-order valence-corrected chi connectivity index (χ2v) is 6.82. The minimum Gasteiger partial charge on any atom is -0.361 e. The van der Waals surface area contributed by atoms with E-state index in [0.717, 1.165) is 25.0 Å². The van der Waals surface area contributed by atoms with Crippen molar-refractivity contribution in [2.75, 3.05) is 19.6 Å². The highest BCUT2D eigenvalue weighted by molar-refractivity contribution is 5.83. The molecule has 124 valence electrons. The van der Waals surface area contributed by atoms with Gasteiger partial charge in [0, 0.05) is 30.2 Å². The third-order valence-electron chi connectivity index (χ3n) is 4.98. The lowest BCUT2D eigenvalue weighted by atomic mass is 9.99. The smallest absolute Gasteiger partial charge is 0.237 e. The normalized spacial score (nSPS) is 20.5. The fourth-order valence-corrected chi connectivity index (χ4v) is 3.55. The van der Waals surface area contributed by atoms with Crippen LogP contribution in [0.25, 0.3) is 10.9 Å². The number of likely N-dealkylation sites (tertiary alicyclic amines) is 1. The van der Waals surface area contributed by atoms with Crippen molar-refractivity contribution in [2.24, 2.45) is 5.92 Å². The molecule has 2 atom stereocenters. The van der Waals surface area contributed by atoms with E-state index in [2.05, 4.69) is 40.3 Å². The molecule has 0 saturated carbocycles. The SMILES string of the molecule is CC1CCCN(C(C)C(=O)NCCc2c[nH]c3ccccc23)C1. The molecule has 4 nitrogen and oxygen atoms in total. The van der Waals surface area contributed by atoms with E-state index in [0.29, 0.717) is 12.5 Å². The molecule has 1 aromatic heterocycles. The summed E-state index contributed by atoms with van der Waals surface area (Å²) in [6.45, 7) is 7.07. The van der Waals surface area contributed by atoms with Crippen molar-refractivity contribution in [3.8, 4) is 0 Å². The van der Waals surface area contributed by atoms with Crippen LogP contribution in [0.5, 0.6) is 0 Å². The van der Waals surface area contributed by atoms with Crippen LogP contribution in [0, 0.1) is 5.92 Å². The third-order valence-corrected chi connectivity index (χ3v) is 4.98. The van der Waals surface area contributed by atoms with Gasteiger partial charge in [-0.1, -0.05) is 25.1 Å². The topological polar surface area (TPSA) is 48.1 Å². The van der Waals surface area contributed by atoms with Gasteiger partial charge in [0.25, 0.3) is 0 Å². The second kappa shape index (κ2) is 7.18. The molecule has 2 aromatic rings. The highest BCUT2D eigenvalue weighted by Crippen LogP contribution is 2.19. The number of nitrogens with one attached hydrogen (secondary N) is 2.